The number of aromatic nitrogens is 1. The Labute approximate surface area is 151 Å². The van der Waals surface area contributed by atoms with Crippen molar-refractivity contribution >= 4 is 27.6 Å². The lowest BCUT2D eigenvalue weighted by Crippen LogP contribution is -2.30. The number of sulfonamides is 1. The molecule has 9 nitrogen and oxygen atoms in total. The van der Waals surface area contributed by atoms with Crippen molar-refractivity contribution in [1.29, 1.82) is 0 Å². The van der Waals surface area contributed by atoms with Crippen LogP contribution in [0.25, 0.3) is 0 Å². The van der Waals surface area contributed by atoms with Crippen LogP contribution in [0.2, 0.25) is 0 Å². The Bertz CT molecular complexity index is 896. The molecule has 0 aliphatic carbocycles. The van der Waals surface area contributed by atoms with E-state index in [1.165, 1.54) is 22.7 Å². The Morgan fingerprint density at radius 1 is 1.31 bits per heavy atom. The van der Waals surface area contributed by atoms with Gasteiger partial charge in [-0.1, -0.05) is 19.9 Å². The van der Waals surface area contributed by atoms with Gasteiger partial charge >= 0.3 is 0 Å². The van der Waals surface area contributed by atoms with Crippen LogP contribution in [0.5, 0.6) is 0 Å². The molecule has 0 saturated heterocycles. The minimum absolute atomic E-state index is 0.0913. The van der Waals surface area contributed by atoms with Crippen molar-refractivity contribution in [2.24, 2.45) is 5.10 Å². The number of nitrogens with zero attached hydrogens (tertiary/aromatic N) is 4. The largest absolute Gasteiger partial charge is 0.295 e. The Kier molecular flexibility index (Phi) is 6.36. The molecular formula is C16H19N5O4S. The fourth-order valence-electron chi connectivity index (χ4n) is 2.26. The van der Waals surface area contributed by atoms with Gasteiger partial charge in [-0.3, -0.25) is 20.5 Å². The molecule has 0 unspecified atom stereocenters. The van der Waals surface area contributed by atoms with E-state index in [9.17, 15) is 18.5 Å². The number of nitrogens with one attached hydrogen (secondary N) is 1. The first-order chi connectivity index (χ1) is 12.4. The molecule has 1 N–H and O–H groups in total. The molecule has 10 heteroatoms. The monoisotopic (exact) mass is 377 g/mol. The van der Waals surface area contributed by atoms with Crippen LogP contribution < -0.4 is 5.43 Å². The molecule has 0 radical (unpaired) electrons. The Morgan fingerprint density at radius 2 is 2.04 bits per heavy atom. The van der Waals surface area contributed by atoms with E-state index in [0.717, 1.165) is 6.07 Å². The summed E-state index contributed by atoms with van der Waals surface area (Å²) < 4.78 is 26.3. The van der Waals surface area contributed by atoms with Crippen molar-refractivity contribution in [3.63, 3.8) is 0 Å². The maximum absolute atomic E-state index is 12.5. The molecule has 26 heavy (non-hydrogen) atoms. The first-order valence-corrected chi connectivity index (χ1v) is 9.31. The Balaban J connectivity index is 2.32. The minimum atomic E-state index is -3.78. The van der Waals surface area contributed by atoms with Crippen LogP contribution in [0.1, 0.15) is 19.4 Å². The average molecular weight is 377 g/mol. The lowest BCUT2D eigenvalue weighted by Gasteiger charge is -2.18. The lowest BCUT2D eigenvalue weighted by atomic mass is 10.3. The topological polar surface area (TPSA) is 118 Å². The number of anilines is 1. The fourth-order valence-corrected chi connectivity index (χ4v) is 3.74. The fraction of sp³-hybridized carbons (Fsp3) is 0.250. The maximum atomic E-state index is 12.5. The van der Waals surface area contributed by atoms with E-state index in [0.29, 0.717) is 5.56 Å². The van der Waals surface area contributed by atoms with Crippen LogP contribution in [0.4, 0.5) is 11.4 Å². The molecule has 2 rings (SSSR count). The van der Waals surface area contributed by atoms with Crippen LogP contribution in [0, 0.1) is 10.1 Å². The van der Waals surface area contributed by atoms with Crippen molar-refractivity contribution in [2.75, 3.05) is 18.5 Å². The first-order valence-electron chi connectivity index (χ1n) is 7.87. The summed E-state index contributed by atoms with van der Waals surface area (Å²) in [5, 5.41) is 15.3. The average Bonchev–Trinajstić information content (AvgIpc) is 2.63. The number of hydrogen-bond donors (Lipinski definition) is 1. The van der Waals surface area contributed by atoms with Gasteiger partial charge in [-0.05, 0) is 18.2 Å². The molecule has 0 saturated carbocycles. The van der Waals surface area contributed by atoms with Gasteiger partial charge in [-0.15, -0.1) is 0 Å². The third kappa shape index (κ3) is 4.41. The molecule has 0 amide bonds. The minimum Gasteiger partial charge on any atom is -0.272 e. The highest BCUT2D eigenvalue weighted by Gasteiger charge is 2.25. The summed E-state index contributed by atoms with van der Waals surface area (Å²) in [6.07, 6.45) is 4.65. The van der Waals surface area contributed by atoms with Gasteiger partial charge in [-0.25, -0.2) is 8.42 Å². The number of hydrogen-bond acceptors (Lipinski definition) is 7. The van der Waals surface area contributed by atoms with E-state index >= 15 is 0 Å². The van der Waals surface area contributed by atoms with E-state index < -0.39 is 14.9 Å². The normalized spacial score (nSPS) is 11.8. The van der Waals surface area contributed by atoms with E-state index in [4.69, 9.17) is 0 Å². The highest BCUT2D eigenvalue weighted by Crippen LogP contribution is 2.29. The summed E-state index contributed by atoms with van der Waals surface area (Å²) in [5.74, 6) is 0. The second-order valence-electron chi connectivity index (χ2n) is 5.18. The molecule has 0 spiro atoms. The Morgan fingerprint density at radius 3 is 2.62 bits per heavy atom. The summed E-state index contributed by atoms with van der Waals surface area (Å²) in [7, 11) is -3.78. The van der Waals surface area contributed by atoms with Crippen molar-refractivity contribution in [1.82, 2.24) is 9.29 Å². The summed E-state index contributed by atoms with van der Waals surface area (Å²) >= 11 is 0. The van der Waals surface area contributed by atoms with Gasteiger partial charge in [0, 0.05) is 37.1 Å². The van der Waals surface area contributed by atoms with Crippen LogP contribution in [0.15, 0.2) is 52.7 Å². The second kappa shape index (κ2) is 8.50. The quantitative estimate of drug-likeness (QED) is 0.429. The van der Waals surface area contributed by atoms with E-state index in [-0.39, 0.29) is 29.4 Å². The van der Waals surface area contributed by atoms with Crippen LogP contribution in [-0.2, 0) is 10.0 Å². The predicted octanol–water partition coefficient (Wildman–Crippen LogP) is 2.47. The highest BCUT2D eigenvalue weighted by molar-refractivity contribution is 7.89. The molecule has 0 fully saturated rings. The van der Waals surface area contributed by atoms with E-state index in [1.54, 1.807) is 38.4 Å². The molecule has 0 aliphatic rings. The van der Waals surface area contributed by atoms with Crippen LogP contribution >= 0.6 is 0 Å². The van der Waals surface area contributed by atoms with Crippen molar-refractivity contribution < 1.29 is 13.3 Å². The number of pyridine rings is 1. The highest BCUT2D eigenvalue weighted by atomic mass is 32.2. The summed E-state index contributed by atoms with van der Waals surface area (Å²) in [5.41, 5.74) is 3.00. The summed E-state index contributed by atoms with van der Waals surface area (Å²) in [6.45, 7) is 3.97. The van der Waals surface area contributed by atoms with E-state index in [2.05, 4.69) is 15.5 Å². The zero-order valence-corrected chi connectivity index (χ0v) is 15.2. The molecular weight excluding hydrogens is 358 g/mol. The third-order valence-corrected chi connectivity index (χ3v) is 5.64. The zero-order valence-electron chi connectivity index (χ0n) is 14.4. The standard InChI is InChI=1S/C16H19N5O4S/c1-3-20(4-2)26(24,25)14-7-8-15(16(10-14)21(22)23)19-18-12-13-6-5-9-17-11-13/h5-12,19H,3-4H2,1-2H3/b18-12+. The molecule has 0 bridgehead atoms. The molecule has 2 aromatic rings. The molecule has 138 valence electrons. The summed E-state index contributed by atoms with van der Waals surface area (Å²) in [6, 6.07) is 7.19. The van der Waals surface area contributed by atoms with Crippen molar-refractivity contribution in [3.8, 4) is 0 Å². The van der Waals surface area contributed by atoms with Gasteiger partial charge in [0.25, 0.3) is 5.69 Å². The number of nitro benzene ring substituents is 1. The zero-order chi connectivity index (χ0) is 19.2. The van der Waals surface area contributed by atoms with Crippen molar-refractivity contribution in [3.05, 3.63) is 58.4 Å². The van der Waals surface area contributed by atoms with Gasteiger partial charge in [-0.2, -0.15) is 9.41 Å². The smallest absolute Gasteiger partial charge is 0.272 e. The van der Waals surface area contributed by atoms with Crippen LogP contribution in [-0.4, -0.2) is 41.9 Å². The third-order valence-electron chi connectivity index (χ3n) is 3.59. The maximum Gasteiger partial charge on any atom is 0.295 e. The molecule has 1 aromatic carbocycles. The van der Waals surface area contributed by atoms with E-state index in [1.807, 2.05) is 0 Å². The molecule has 1 heterocycles. The van der Waals surface area contributed by atoms with Crippen molar-refractivity contribution in [2.45, 2.75) is 18.7 Å². The SMILES string of the molecule is CCN(CC)S(=O)(=O)c1ccc(N/N=C/c2cccnc2)c([N+](=O)[O-])c1. The van der Waals surface area contributed by atoms with Crippen LogP contribution in [0.3, 0.4) is 0 Å². The Hall–Kier alpha value is -2.85. The number of rotatable bonds is 8. The second-order valence-corrected chi connectivity index (χ2v) is 7.12. The van der Waals surface area contributed by atoms with Gasteiger partial charge in [0.2, 0.25) is 10.0 Å². The lowest BCUT2D eigenvalue weighted by molar-refractivity contribution is -0.384. The van der Waals surface area contributed by atoms with Gasteiger partial charge in [0.05, 0.1) is 16.0 Å². The number of nitro groups is 1. The van der Waals surface area contributed by atoms with Gasteiger partial charge in [0.15, 0.2) is 0 Å². The summed E-state index contributed by atoms with van der Waals surface area (Å²) in [4.78, 5) is 14.5. The first kappa shape index (κ1) is 19.5. The van der Waals surface area contributed by atoms with Gasteiger partial charge in [0.1, 0.15) is 5.69 Å². The number of hydrazone groups is 1. The number of benzene rings is 1. The molecule has 0 aliphatic heterocycles. The molecule has 0 atom stereocenters. The predicted molar refractivity (Wildman–Crippen MR) is 98.7 cm³/mol. The molecule has 1 aromatic heterocycles. The van der Waals surface area contributed by atoms with Gasteiger partial charge < -0.3 is 0 Å².